The van der Waals surface area contributed by atoms with Gasteiger partial charge < -0.3 is 20.7 Å². The van der Waals surface area contributed by atoms with Gasteiger partial charge in [0.2, 0.25) is 0 Å². The second kappa shape index (κ2) is 9.80. The molecule has 0 radical (unpaired) electrons. The third-order valence-corrected chi connectivity index (χ3v) is 7.29. The summed E-state index contributed by atoms with van der Waals surface area (Å²) in [6.07, 6.45) is 4.83. The van der Waals surface area contributed by atoms with Crippen LogP contribution in [-0.2, 0) is 17.8 Å². The molecule has 0 atom stereocenters. The van der Waals surface area contributed by atoms with Crippen molar-refractivity contribution in [2.75, 3.05) is 23.7 Å². The van der Waals surface area contributed by atoms with Gasteiger partial charge in [-0.1, -0.05) is 43.7 Å². The van der Waals surface area contributed by atoms with E-state index in [2.05, 4.69) is 33.2 Å². The second-order valence-corrected chi connectivity index (χ2v) is 9.57. The minimum Gasteiger partial charge on any atom is -0.445 e. The summed E-state index contributed by atoms with van der Waals surface area (Å²) in [5.41, 5.74) is 9.23. The van der Waals surface area contributed by atoms with Crippen LogP contribution in [0.5, 0.6) is 0 Å². The molecular formula is C25H28N6O2S. The summed E-state index contributed by atoms with van der Waals surface area (Å²) in [6.45, 7) is 4.10. The van der Waals surface area contributed by atoms with E-state index < -0.39 is 0 Å². The molecule has 1 aliphatic heterocycles. The number of ether oxygens (including phenoxy) is 1. The quantitative estimate of drug-likeness (QED) is 0.416. The Morgan fingerprint density at radius 3 is 2.79 bits per heavy atom. The smallest absolute Gasteiger partial charge is 0.407 e. The monoisotopic (exact) mass is 476 g/mol. The summed E-state index contributed by atoms with van der Waals surface area (Å²) in [4.78, 5) is 29.1. The van der Waals surface area contributed by atoms with Crippen molar-refractivity contribution in [2.45, 2.75) is 45.3 Å². The fraction of sp³-hybridized carbons (Fsp3) is 0.360. The summed E-state index contributed by atoms with van der Waals surface area (Å²) < 4.78 is 6.28. The molecule has 1 aliphatic rings. The summed E-state index contributed by atoms with van der Waals surface area (Å²) in [7, 11) is 0. The Kier molecular flexibility index (Phi) is 6.44. The minimum absolute atomic E-state index is 0.0952. The molecule has 3 N–H and O–H groups in total. The lowest BCUT2D eigenvalue weighted by atomic mass is 10.0. The number of fused-ring (bicyclic) bond motifs is 3. The maximum atomic E-state index is 12.2. The number of aromatic nitrogens is 3. The van der Waals surface area contributed by atoms with Gasteiger partial charge >= 0.3 is 6.09 Å². The van der Waals surface area contributed by atoms with Gasteiger partial charge in [0.15, 0.2) is 0 Å². The molecule has 1 aromatic carbocycles. The van der Waals surface area contributed by atoms with Crippen molar-refractivity contribution in [3.8, 4) is 0 Å². The zero-order valence-corrected chi connectivity index (χ0v) is 20.0. The average molecular weight is 477 g/mol. The van der Waals surface area contributed by atoms with E-state index in [1.807, 2.05) is 30.3 Å². The molecule has 4 aromatic rings. The Balaban J connectivity index is 1.26. The third-order valence-electron chi connectivity index (χ3n) is 6.19. The predicted octanol–water partition coefficient (Wildman–Crippen LogP) is 4.67. The predicted molar refractivity (Wildman–Crippen MR) is 136 cm³/mol. The maximum absolute atomic E-state index is 12.2. The van der Waals surface area contributed by atoms with E-state index in [1.54, 1.807) is 11.3 Å². The van der Waals surface area contributed by atoms with E-state index >= 15 is 0 Å². The highest BCUT2D eigenvalue weighted by atomic mass is 32.1. The number of hydrogen-bond acceptors (Lipinski definition) is 8. The molecule has 4 heterocycles. The lowest BCUT2D eigenvalue weighted by molar-refractivity contribution is 0.134. The summed E-state index contributed by atoms with van der Waals surface area (Å²) in [6, 6.07) is 12.0. The number of anilines is 2. The van der Waals surface area contributed by atoms with Crippen molar-refractivity contribution >= 4 is 49.5 Å². The first-order valence-corrected chi connectivity index (χ1v) is 12.5. The number of nitrogen functional groups attached to an aromatic ring is 1. The lowest BCUT2D eigenvalue weighted by Crippen LogP contribution is -2.45. The zero-order valence-electron chi connectivity index (χ0n) is 19.2. The highest BCUT2D eigenvalue weighted by Gasteiger charge is 2.24. The Labute approximate surface area is 202 Å². The Hall–Kier alpha value is -3.46. The lowest BCUT2D eigenvalue weighted by Gasteiger charge is -2.33. The zero-order chi connectivity index (χ0) is 23.5. The molecule has 1 saturated heterocycles. The SMILES string of the molecule is CCCc1cc(N2CCC(NC(=O)OCc3ccccc3)CC2)nc2sc3c(N)ncnc3c12. The number of nitrogens with zero attached hydrogens (tertiary/aromatic N) is 4. The number of hydrogen-bond donors (Lipinski definition) is 2. The van der Waals surface area contributed by atoms with E-state index in [0.717, 1.165) is 70.6 Å². The molecule has 8 nitrogen and oxygen atoms in total. The third kappa shape index (κ3) is 4.61. The number of thiophene rings is 1. The number of alkyl carbamates (subject to hydrolysis) is 1. The fourth-order valence-corrected chi connectivity index (χ4v) is 5.53. The van der Waals surface area contributed by atoms with Crippen molar-refractivity contribution in [3.05, 3.63) is 53.9 Å². The number of piperidine rings is 1. The van der Waals surface area contributed by atoms with Crippen molar-refractivity contribution in [1.29, 1.82) is 0 Å². The van der Waals surface area contributed by atoms with E-state index in [4.69, 9.17) is 15.5 Å². The largest absolute Gasteiger partial charge is 0.445 e. The first kappa shape index (κ1) is 22.3. The van der Waals surface area contributed by atoms with Crippen LogP contribution in [0, 0.1) is 0 Å². The van der Waals surface area contributed by atoms with Crippen LogP contribution in [0.2, 0.25) is 0 Å². The molecule has 9 heteroatoms. The molecule has 1 amide bonds. The number of amides is 1. The van der Waals surface area contributed by atoms with Gasteiger partial charge in [-0.3, -0.25) is 0 Å². The van der Waals surface area contributed by atoms with E-state index in [-0.39, 0.29) is 18.7 Å². The van der Waals surface area contributed by atoms with E-state index in [0.29, 0.717) is 5.82 Å². The Morgan fingerprint density at radius 1 is 1.24 bits per heavy atom. The number of nitrogens with two attached hydrogens (primary N) is 1. The summed E-state index contributed by atoms with van der Waals surface area (Å²) in [5, 5.41) is 4.11. The van der Waals surface area contributed by atoms with Crippen LogP contribution in [0.3, 0.4) is 0 Å². The molecule has 0 spiro atoms. The standard InChI is InChI=1S/C25H28N6O2S/c1-2-6-17-13-19(30-24-20(17)21-22(34-24)23(26)28-15-27-21)31-11-9-18(10-12-31)29-25(32)33-14-16-7-4-3-5-8-16/h3-5,7-8,13,15,18H,2,6,9-12,14H2,1H3,(H,29,32)(H2,26,27,28). The van der Waals surface area contributed by atoms with Crippen LogP contribution >= 0.6 is 11.3 Å². The summed E-state index contributed by atoms with van der Waals surface area (Å²) in [5.74, 6) is 1.47. The number of nitrogens with one attached hydrogen (secondary N) is 1. The van der Waals surface area contributed by atoms with E-state index in [9.17, 15) is 4.79 Å². The molecule has 176 valence electrons. The van der Waals surface area contributed by atoms with Gasteiger partial charge in [0.05, 0.1) is 10.2 Å². The fourth-order valence-electron chi connectivity index (χ4n) is 4.46. The van der Waals surface area contributed by atoms with Crippen molar-refractivity contribution < 1.29 is 9.53 Å². The molecule has 0 aliphatic carbocycles. The van der Waals surface area contributed by atoms with Gasteiger partial charge in [-0.2, -0.15) is 0 Å². The number of pyridine rings is 1. The van der Waals surface area contributed by atoms with E-state index in [1.165, 1.54) is 11.9 Å². The number of rotatable bonds is 6. The number of carbonyl (C=O) groups excluding carboxylic acids is 1. The normalized spacial score (nSPS) is 14.6. The van der Waals surface area contributed by atoms with Gasteiger partial charge in [-0.05, 0) is 36.5 Å². The van der Waals surface area contributed by atoms with Gasteiger partial charge in [0, 0.05) is 24.5 Å². The van der Waals surface area contributed by atoms with Gasteiger partial charge in [-0.25, -0.2) is 19.7 Å². The highest BCUT2D eigenvalue weighted by molar-refractivity contribution is 7.26. The topological polar surface area (TPSA) is 106 Å². The number of aryl methyl sites for hydroxylation is 1. The van der Waals surface area contributed by atoms with Crippen LogP contribution in [0.15, 0.2) is 42.7 Å². The van der Waals surface area contributed by atoms with Gasteiger partial charge in [0.1, 0.15) is 29.4 Å². The van der Waals surface area contributed by atoms with Crippen LogP contribution in [0.4, 0.5) is 16.4 Å². The highest BCUT2D eigenvalue weighted by Crippen LogP contribution is 2.38. The molecule has 0 unspecified atom stereocenters. The maximum Gasteiger partial charge on any atom is 0.407 e. The van der Waals surface area contributed by atoms with Gasteiger partial charge in [0.25, 0.3) is 0 Å². The van der Waals surface area contributed by atoms with Crippen molar-refractivity contribution in [3.63, 3.8) is 0 Å². The van der Waals surface area contributed by atoms with Gasteiger partial charge in [-0.15, -0.1) is 11.3 Å². The average Bonchev–Trinajstić information content (AvgIpc) is 3.24. The number of benzene rings is 1. The number of carbonyl (C=O) groups is 1. The molecule has 0 bridgehead atoms. The van der Waals surface area contributed by atoms with Crippen LogP contribution in [-0.4, -0.2) is 40.2 Å². The second-order valence-electron chi connectivity index (χ2n) is 8.58. The molecule has 5 rings (SSSR count). The van der Waals surface area contributed by atoms with Crippen LogP contribution in [0.1, 0.15) is 37.3 Å². The molecule has 0 saturated carbocycles. The molecule has 1 fully saturated rings. The molecule has 34 heavy (non-hydrogen) atoms. The molecular weight excluding hydrogens is 448 g/mol. The van der Waals surface area contributed by atoms with Crippen molar-refractivity contribution in [1.82, 2.24) is 20.3 Å². The van der Waals surface area contributed by atoms with Crippen LogP contribution < -0.4 is 16.0 Å². The first-order chi connectivity index (χ1) is 16.6. The van der Waals surface area contributed by atoms with Crippen molar-refractivity contribution in [2.24, 2.45) is 0 Å². The Bertz CT molecular complexity index is 1300. The minimum atomic E-state index is -0.365. The first-order valence-electron chi connectivity index (χ1n) is 11.7. The summed E-state index contributed by atoms with van der Waals surface area (Å²) >= 11 is 1.56. The van der Waals surface area contributed by atoms with Crippen LogP contribution in [0.25, 0.3) is 20.4 Å². The molecule has 3 aromatic heterocycles. The Morgan fingerprint density at radius 2 is 2.03 bits per heavy atom.